The molecule has 51 heavy (non-hydrogen) atoms. The number of amidine groups is 1. The van der Waals surface area contributed by atoms with Crippen molar-refractivity contribution in [2.75, 3.05) is 18.4 Å². The molecule has 2 amide bonds. The van der Waals surface area contributed by atoms with E-state index in [2.05, 4.69) is 73.8 Å². The third kappa shape index (κ3) is 7.26. The topological polar surface area (TPSA) is 95.8 Å². The van der Waals surface area contributed by atoms with Gasteiger partial charge in [-0.3, -0.25) is 19.8 Å². The number of hydrogen-bond donors (Lipinski definition) is 1. The largest absolute Gasteiger partial charge is 0.444 e. The van der Waals surface area contributed by atoms with Crippen LogP contribution in [0.2, 0.25) is 0 Å². The van der Waals surface area contributed by atoms with Gasteiger partial charge in [0.2, 0.25) is 0 Å². The molecule has 0 radical (unpaired) electrons. The number of likely N-dealkylation sites (tertiary alicyclic amines) is 2. The predicted molar refractivity (Wildman–Crippen MR) is 205 cm³/mol. The van der Waals surface area contributed by atoms with Crippen LogP contribution in [0.5, 0.6) is 0 Å². The van der Waals surface area contributed by atoms with Crippen LogP contribution in [0, 0.1) is 0 Å². The average molecular weight is 690 g/mol. The molecular weight excluding hydrogens is 638 g/mol. The van der Waals surface area contributed by atoms with E-state index in [1.165, 1.54) is 5.57 Å². The van der Waals surface area contributed by atoms with Crippen molar-refractivity contribution in [1.82, 2.24) is 9.80 Å². The Kier molecular flexibility index (Phi) is 8.75. The number of benzene rings is 3. The highest BCUT2D eigenvalue weighted by Crippen LogP contribution is 2.40. The molecule has 0 aliphatic carbocycles. The molecule has 1 N–H and O–H groups in total. The van der Waals surface area contributed by atoms with Gasteiger partial charge in [0.25, 0.3) is 0 Å². The van der Waals surface area contributed by atoms with Gasteiger partial charge in [-0.05, 0) is 132 Å². The van der Waals surface area contributed by atoms with Crippen molar-refractivity contribution in [2.45, 2.75) is 116 Å². The van der Waals surface area contributed by atoms with Crippen molar-refractivity contribution >= 4 is 45.8 Å². The molecule has 7 rings (SSSR count). The minimum Gasteiger partial charge on any atom is -0.444 e. The number of nitrogens with zero attached hydrogens (tertiary/aromatic N) is 4. The summed E-state index contributed by atoms with van der Waals surface area (Å²) >= 11 is 0. The second kappa shape index (κ2) is 12.8. The zero-order chi connectivity index (χ0) is 36.3. The molecule has 2 atom stereocenters. The molecule has 0 saturated carbocycles. The lowest BCUT2D eigenvalue weighted by atomic mass is 9.88. The van der Waals surface area contributed by atoms with Gasteiger partial charge < -0.3 is 14.8 Å². The second-order valence-electron chi connectivity index (χ2n) is 16.8. The van der Waals surface area contributed by atoms with Crippen molar-refractivity contribution in [3.63, 3.8) is 0 Å². The van der Waals surface area contributed by atoms with E-state index in [9.17, 15) is 9.59 Å². The first kappa shape index (κ1) is 34.8. The standard InChI is InChI=1S/C42H51N5O4/c1-40(2,3)50-38(48)46-19-9-11-35(46)34-24-31(25-43-34)29-16-15-26-21-28(14-13-27(26)22-29)30-17-18-32-33(23-30)44-37(45-42(32,7)8)36-12-10-20-47(36)39(49)51-41(4,5)6/h13-18,21-23,25,35-36H,9-12,19-20,24H2,1-8H3,(H,44,45)/t35-,36-/m0/s1. The molecule has 268 valence electrons. The number of nitrogens with one attached hydrogen (secondary N) is 1. The monoisotopic (exact) mass is 689 g/mol. The molecule has 9 heteroatoms. The Morgan fingerprint density at radius 2 is 1.31 bits per heavy atom. The fourth-order valence-electron chi connectivity index (χ4n) is 7.74. The summed E-state index contributed by atoms with van der Waals surface area (Å²) in [5.41, 5.74) is 6.22. The summed E-state index contributed by atoms with van der Waals surface area (Å²) in [6.45, 7) is 17.0. The van der Waals surface area contributed by atoms with Crippen LogP contribution in [-0.2, 0) is 15.0 Å². The van der Waals surface area contributed by atoms with E-state index in [0.717, 1.165) is 82.4 Å². The number of carbonyl (C=O) groups excluding carboxylic acids is 2. The Balaban J connectivity index is 1.07. The summed E-state index contributed by atoms with van der Waals surface area (Å²) in [6, 6.07) is 19.6. The molecule has 0 aromatic heterocycles. The molecule has 4 aliphatic rings. The second-order valence-corrected chi connectivity index (χ2v) is 16.8. The molecule has 4 aliphatic heterocycles. The molecular formula is C42H51N5O4. The number of carbonyl (C=O) groups is 2. The van der Waals surface area contributed by atoms with Gasteiger partial charge in [-0.1, -0.05) is 36.4 Å². The lowest BCUT2D eigenvalue weighted by molar-refractivity contribution is 0.0254. The van der Waals surface area contributed by atoms with Crippen LogP contribution in [0.4, 0.5) is 15.3 Å². The summed E-state index contributed by atoms with van der Waals surface area (Å²) in [5.74, 6) is 0.817. The number of allylic oxidation sites excluding steroid dienone is 1. The molecule has 2 fully saturated rings. The lowest BCUT2D eigenvalue weighted by Crippen LogP contribution is -2.47. The normalized spacial score (nSPS) is 21.5. The van der Waals surface area contributed by atoms with Gasteiger partial charge in [0.15, 0.2) is 0 Å². The molecule has 4 heterocycles. The Morgan fingerprint density at radius 1 is 0.765 bits per heavy atom. The Labute approximate surface area is 301 Å². The van der Waals surface area contributed by atoms with Crippen LogP contribution in [0.25, 0.3) is 27.5 Å². The number of fused-ring (bicyclic) bond motifs is 2. The number of anilines is 1. The van der Waals surface area contributed by atoms with Crippen LogP contribution in [0.15, 0.2) is 70.8 Å². The van der Waals surface area contributed by atoms with Gasteiger partial charge in [0.1, 0.15) is 17.0 Å². The van der Waals surface area contributed by atoms with E-state index < -0.39 is 16.7 Å². The molecule has 0 unspecified atom stereocenters. The van der Waals surface area contributed by atoms with Gasteiger partial charge in [0, 0.05) is 42.7 Å². The highest BCUT2D eigenvalue weighted by Gasteiger charge is 2.40. The summed E-state index contributed by atoms with van der Waals surface area (Å²) in [7, 11) is 0. The fourth-order valence-corrected chi connectivity index (χ4v) is 7.74. The third-order valence-corrected chi connectivity index (χ3v) is 10.1. The first-order valence-electron chi connectivity index (χ1n) is 18.4. The van der Waals surface area contributed by atoms with Gasteiger partial charge in [-0.25, -0.2) is 9.59 Å². The highest BCUT2D eigenvalue weighted by atomic mass is 16.6. The number of amides is 2. The predicted octanol–water partition coefficient (Wildman–Crippen LogP) is 9.55. The molecule has 9 nitrogen and oxygen atoms in total. The third-order valence-electron chi connectivity index (χ3n) is 10.1. The van der Waals surface area contributed by atoms with Gasteiger partial charge in [0.05, 0.1) is 17.6 Å². The van der Waals surface area contributed by atoms with E-state index in [0.29, 0.717) is 13.1 Å². The first-order chi connectivity index (χ1) is 24.0. The van der Waals surface area contributed by atoms with Gasteiger partial charge in [-0.15, -0.1) is 0 Å². The molecule has 2 saturated heterocycles. The van der Waals surface area contributed by atoms with E-state index in [1.807, 2.05) is 57.5 Å². The smallest absolute Gasteiger partial charge is 0.410 e. The van der Waals surface area contributed by atoms with E-state index in [1.54, 1.807) is 0 Å². The van der Waals surface area contributed by atoms with Crippen molar-refractivity contribution in [3.8, 4) is 11.1 Å². The maximum atomic E-state index is 13.1. The fraction of sp³-hybridized carbons (Fsp3) is 0.476. The van der Waals surface area contributed by atoms with Crippen molar-refractivity contribution in [1.29, 1.82) is 0 Å². The highest BCUT2D eigenvalue weighted by molar-refractivity contribution is 6.05. The summed E-state index contributed by atoms with van der Waals surface area (Å²) in [4.78, 5) is 39.6. The van der Waals surface area contributed by atoms with Crippen LogP contribution >= 0.6 is 0 Å². The maximum absolute atomic E-state index is 13.1. The van der Waals surface area contributed by atoms with Gasteiger partial charge >= 0.3 is 12.2 Å². The van der Waals surface area contributed by atoms with E-state index >= 15 is 0 Å². The maximum Gasteiger partial charge on any atom is 0.410 e. The zero-order valence-corrected chi connectivity index (χ0v) is 31.3. The van der Waals surface area contributed by atoms with Crippen LogP contribution in [0.1, 0.15) is 98.6 Å². The molecule has 3 aromatic carbocycles. The molecule has 3 aromatic rings. The number of ether oxygens (including phenoxy) is 2. The van der Waals surface area contributed by atoms with Gasteiger partial charge in [-0.2, -0.15) is 0 Å². The minimum atomic E-state index is -0.553. The Morgan fingerprint density at radius 3 is 1.96 bits per heavy atom. The lowest BCUT2D eigenvalue weighted by Gasteiger charge is -2.36. The average Bonchev–Trinajstić information content (AvgIpc) is 3.83. The quantitative estimate of drug-likeness (QED) is 0.294. The van der Waals surface area contributed by atoms with Crippen LogP contribution < -0.4 is 5.32 Å². The van der Waals surface area contributed by atoms with Crippen molar-refractivity contribution in [2.24, 2.45) is 9.98 Å². The molecule has 0 spiro atoms. The Bertz CT molecular complexity index is 1980. The molecule has 0 bridgehead atoms. The summed E-state index contributed by atoms with van der Waals surface area (Å²) < 4.78 is 11.4. The SMILES string of the molecule is CC(C)(C)OC(=O)N1CCC[C@H]1C1=NC=C(c2ccc3cc(-c4ccc5c(c4)NC([C@@H]4CCCN4C(=O)OC(C)(C)C)=NC5(C)C)ccc3c2)C1. The number of aliphatic imine (C=N–C) groups is 2. The zero-order valence-electron chi connectivity index (χ0n) is 31.3. The van der Waals surface area contributed by atoms with Crippen molar-refractivity contribution in [3.05, 3.63) is 71.9 Å². The summed E-state index contributed by atoms with van der Waals surface area (Å²) in [6.07, 6.45) is 5.77. The summed E-state index contributed by atoms with van der Waals surface area (Å²) in [5, 5.41) is 5.95. The Hall–Kier alpha value is -4.66. The van der Waals surface area contributed by atoms with Crippen LogP contribution in [0.3, 0.4) is 0 Å². The minimum absolute atomic E-state index is 0.0160. The number of rotatable bonds is 4. The number of hydrogen-bond acceptors (Lipinski definition) is 7. The first-order valence-corrected chi connectivity index (χ1v) is 18.4. The van der Waals surface area contributed by atoms with Crippen LogP contribution in [-0.4, -0.2) is 69.9 Å². The van der Waals surface area contributed by atoms with Crippen molar-refractivity contribution < 1.29 is 19.1 Å². The van der Waals surface area contributed by atoms with E-state index in [4.69, 9.17) is 19.5 Å². The van der Waals surface area contributed by atoms with E-state index in [-0.39, 0.29) is 24.3 Å².